The maximum Gasteiger partial charge on any atom is 0.0418 e. The smallest absolute Gasteiger partial charge is 0.0418 e. The fourth-order valence-corrected chi connectivity index (χ4v) is 1.39. The van der Waals surface area contributed by atoms with Gasteiger partial charge in [-0.25, -0.2) is 0 Å². The summed E-state index contributed by atoms with van der Waals surface area (Å²) in [5.41, 5.74) is 2.73. The molecular weight excluding hydrogens is 134 g/mol. The predicted molar refractivity (Wildman–Crippen MR) is 49.3 cm³/mol. The summed E-state index contributed by atoms with van der Waals surface area (Å²) in [6.07, 6.45) is 4.52. The van der Waals surface area contributed by atoms with Gasteiger partial charge in [-0.05, 0) is 31.4 Å². The molecule has 11 heavy (non-hydrogen) atoms. The Kier molecular flexibility index (Phi) is 2.38. The maximum absolute atomic E-state index is 3.35. The van der Waals surface area contributed by atoms with E-state index in [4.69, 9.17) is 0 Å². The summed E-state index contributed by atoms with van der Waals surface area (Å²) >= 11 is 0. The zero-order valence-electron chi connectivity index (χ0n) is 7.81. The van der Waals surface area contributed by atoms with Gasteiger partial charge < -0.3 is 5.32 Å². The zero-order chi connectivity index (χ0) is 8.43. The lowest BCUT2D eigenvalue weighted by Crippen LogP contribution is -2.26. The Bertz CT molecular complexity index is 199. The number of dihydropyridines is 1. The van der Waals surface area contributed by atoms with E-state index in [1.165, 1.54) is 11.3 Å². The molecule has 0 aliphatic carbocycles. The van der Waals surface area contributed by atoms with Crippen LogP contribution in [-0.2, 0) is 0 Å². The Morgan fingerprint density at radius 3 is 2.55 bits per heavy atom. The van der Waals surface area contributed by atoms with Crippen LogP contribution in [0.1, 0.15) is 27.7 Å². The molecule has 1 aliphatic heterocycles. The van der Waals surface area contributed by atoms with Crippen LogP contribution >= 0.6 is 0 Å². The van der Waals surface area contributed by atoms with Crippen molar-refractivity contribution in [3.05, 3.63) is 23.4 Å². The third-order valence-corrected chi connectivity index (χ3v) is 1.95. The predicted octanol–water partition coefficient (Wildman–Crippen LogP) is 2.46. The first-order valence-electron chi connectivity index (χ1n) is 4.26. The minimum Gasteiger partial charge on any atom is -0.383 e. The summed E-state index contributed by atoms with van der Waals surface area (Å²) in [5.74, 6) is 0.648. The lowest BCUT2D eigenvalue weighted by atomic mass is 9.97. The highest BCUT2D eigenvalue weighted by atomic mass is 14.9. The second kappa shape index (κ2) is 3.12. The monoisotopic (exact) mass is 151 g/mol. The summed E-state index contributed by atoms with van der Waals surface area (Å²) in [7, 11) is 0. The average molecular weight is 151 g/mol. The van der Waals surface area contributed by atoms with Crippen LogP contribution in [0.3, 0.4) is 0 Å². The van der Waals surface area contributed by atoms with Gasteiger partial charge in [0.05, 0.1) is 0 Å². The normalized spacial score (nSPS) is 24.3. The van der Waals surface area contributed by atoms with Crippen LogP contribution in [0.4, 0.5) is 0 Å². The lowest BCUT2D eigenvalue weighted by molar-refractivity contribution is 0.678. The molecule has 0 aromatic carbocycles. The van der Waals surface area contributed by atoms with E-state index in [2.05, 4.69) is 45.2 Å². The van der Waals surface area contributed by atoms with Crippen LogP contribution in [0, 0.1) is 5.92 Å². The molecule has 0 radical (unpaired) electrons. The van der Waals surface area contributed by atoms with Crippen LogP contribution in [0.5, 0.6) is 0 Å². The molecular formula is C10H17N. The van der Waals surface area contributed by atoms with Gasteiger partial charge in [0.1, 0.15) is 0 Å². The highest BCUT2D eigenvalue weighted by Gasteiger charge is 2.08. The third kappa shape index (κ3) is 2.11. The Morgan fingerprint density at radius 1 is 1.45 bits per heavy atom. The van der Waals surface area contributed by atoms with Crippen molar-refractivity contribution in [3.63, 3.8) is 0 Å². The fraction of sp³-hybridized carbons (Fsp3) is 0.600. The van der Waals surface area contributed by atoms with Crippen LogP contribution in [-0.4, -0.2) is 6.04 Å². The van der Waals surface area contributed by atoms with Gasteiger partial charge in [-0.15, -0.1) is 0 Å². The van der Waals surface area contributed by atoms with E-state index in [1.54, 1.807) is 0 Å². The molecule has 0 saturated carbocycles. The Hall–Kier alpha value is -0.720. The Morgan fingerprint density at radius 2 is 2.09 bits per heavy atom. The van der Waals surface area contributed by atoms with Crippen molar-refractivity contribution in [1.82, 2.24) is 5.32 Å². The molecule has 0 aromatic heterocycles. The molecule has 1 heterocycles. The summed E-state index contributed by atoms with van der Waals surface area (Å²) in [6, 6.07) is 0.498. The Balaban J connectivity index is 2.78. The number of nitrogens with one attached hydrogen (secondary N) is 1. The first kappa shape index (κ1) is 8.38. The van der Waals surface area contributed by atoms with Gasteiger partial charge in [-0.1, -0.05) is 19.9 Å². The largest absolute Gasteiger partial charge is 0.383 e. The van der Waals surface area contributed by atoms with E-state index in [-0.39, 0.29) is 0 Å². The van der Waals surface area contributed by atoms with E-state index in [1.807, 2.05) is 0 Å². The maximum atomic E-state index is 3.35. The molecule has 0 aromatic rings. The summed E-state index contributed by atoms with van der Waals surface area (Å²) < 4.78 is 0. The third-order valence-electron chi connectivity index (χ3n) is 1.95. The minimum absolute atomic E-state index is 0.498. The zero-order valence-corrected chi connectivity index (χ0v) is 7.81. The molecule has 1 nitrogen and oxygen atoms in total. The molecule has 0 amide bonds. The Labute approximate surface area is 69.2 Å². The SMILES string of the molecule is CC1=CC(C(C)C)=CC(C)N1. The van der Waals surface area contributed by atoms with E-state index in [0.717, 1.165) is 0 Å². The van der Waals surface area contributed by atoms with Crippen LogP contribution in [0.15, 0.2) is 23.4 Å². The molecule has 0 spiro atoms. The molecule has 1 atom stereocenters. The van der Waals surface area contributed by atoms with E-state index >= 15 is 0 Å². The van der Waals surface area contributed by atoms with Crippen molar-refractivity contribution < 1.29 is 0 Å². The molecule has 0 saturated heterocycles. The van der Waals surface area contributed by atoms with Crippen molar-refractivity contribution in [3.8, 4) is 0 Å². The first-order chi connectivity index (χ1) is 5.09. The van der Waals surface area contributed by atoms with E-state index in [0.29, 0.717) is 12.0 Å². The first-order valence-corrected chi connectivity index (χ1v) is 4.26. The summed E-state index contributed by atoms with van der Waals surface area (Å²) in [5, 5.41) is 3.35. The van der Waals surface area contributed by atoms with Gasteiger partial charge in [0.25, 0.3) is 0 Å². The molecule has 1 heteroatoms. The van der Waals surface area contributed by atoms with Crippen molar-refractivity contribution >= 4 is 0 Å². The van der Waals surface area contributed by atoms with Crippen molar-refractivity contribution in [2.75, 3.05) is 0 Å². The van der Waals surface area contributed by atoms with Crippen molar-refractivity contribution in [2.45, 2.75) is 33.7 Å². The second-order valence-electron chi connectivity index (χ2n) is 3.58. The van der Waals surface area contributed by atoms with Crippen LogP contribution in [0.2, 0.25) is 0 Å². The molecule has 1 aliphatic rings. The molecule has 0 bridgehead atoms. The van der Waals surface area contributed by atoms with Gasteiger partial charge >= 0.3 is 0 Å². The van der Waals surface area contributed by atoms with Gasteiger partial charge in [-0.3, -0.25) is 0 Å². The molecule has 0 fully saturated rings. The minimum atomic E-state index is 0.498. The number of hydrogen-bond donors (Lipinski definition) is 1. The highest BCUT2D eigenvalue weighted by Crippen LogP contribution is 2.17. The molecule has 1 N–H and O–H groups in total. The number of allylic oxidation sites excluding steroid dienone is 3. The quantitative estimate of drug-likeness (QED) is 0.607. The van der Waals surface area contributed by atoms with Gasteiger partial charge in [0, 0.05) is 11.7 Å². The van der Waals surface area contributed by atoms with Gasteiger partial charge in [-0.2, -0.15) is 0 Å². The fourth-order valence-electron chi connectivity index (χ4n) is 1.39. The molecule has 62 valence electrons. The van der Waals surface area contributed by atoms with E-state index < -0.39 is 0 Å². The lowest BCUT2D eigenvalue weighted by Gasteiger charge is -2.21. The standard InChI is InChI=1S/C10H17N/c1-7(2)10-5-8(3)11-9(4)6-10/h5-8,11H,1-4H3. The van der Waals surface area contributed by atoms with Crippen molar-refractivity contribution in [1.29, 1.82) is 0 Å². The molecule has 1 unspecified atom stereocenters. The number of hydrogen-bond acceptors (Lipinski definition) is 1. The molecule has 1 rings (SSSR count). The van der Waals surface area contributed by atoms with Gasteiger partial charge in [0.2, 0.25) is 0 Å². The van der Waals surface area contributed by atoms with Crippen LogP contribution in [0.25, 0.3) is 0 Å². The number of rotatable bonds is 1. The summed E-state index contributed by atoms with van der Waals surface area (Å²) in [4.78, 5) is 0. The summed E-state index contributed by atoms with van der Waals surface area (Å²) in [6.45, 7) is 8.76. The van der Waals surface area contributed by atoms with Crippen molar-refractivity contribution in [2.24, 2.45) is 5.92 Å². The highest BCUT2D eigenvalue weighted by molar-refractivity contribution is 5.29. The average Bonchev–Trinajstić information content (AvgIpc) is 1.85. The van der Waals surface area contributed by atoms with E-state index in [9.17, 15) is 0 Å². The van der Waals surface area contributed by atoms with Gasteiger partial charge in [0.15, 0.2) is 0 Å². The second-order valence-corrected chi connectivity index (χ2v) is 3.58. The topological polar surface area (TPSA) is 12.0 Å². The van der Waals surface area contributed by atoms with Crippen LogP contribution < -0.4 is 5.32 Å².